The van der Waals surface area contributed by atoms with E-state index in [4.69, 9.17) is 4.74 Å². The van der Waals surface area contributed by atoms with Crippen molar-refractivity contribution in [1.29, 1.82) is 0 Å². The molecule has 3 atom stereocenters. The second-order valence-electron chi connectivity index (χ2n) is 10.9. The highest BCUT2D eigenvalue weighted by molar-refractivity contribution is 6.08. The van der Waals surface area contributed by atoms with Crippen LogP contribution in [0.1, 0.15) is 70.3 Å². The number of fused-ring (bicyclic) bond motifs is 1. The highest BCUT2D eigenvalue weighted by Gasteiger charge is 2.52. The van der Waals surface area contributed by atoms with Crippen molar-refractivity contribution in [3.8, 4) is 0 Å². The lowest BCUT2D eigenvalue weighted by Gasteiger charge is -2.30. The number of hydrogen-bond donors (Lipinski definition) is 2. The molecule has 4 rings (SSSR count). The van der Waals surface area contributed by atoms with Gasteiger partial charge in [0, 0.05) is 56.1 Å². The molecule has 2 fully saturated rings. The van der Waals surface area contributed by atoms with Crippen LogP contribution in [-0.4, -0.2) is 78.2 Å². The molecule has 0 bridgehead atoms. The first-order chi connectivity index (χ1) is 19.2. The Bertz CT molecular complexity index is 1150. The van der Waals surface area contributed by atoms with Gasteiger partial charge in [-0.1, -0.05) is 19.1 Å². The number of carbonyl (C=O) groups excluding carboxylic acids is 4. The van der Waals surface area contributed by atoms with Gasteiger partial charge in [0.1, 0.15) is 0 Å². The van der Waals surface area contributed by atoms with Crippen LogP contribution >= 0.6 is 0 Å². The monoisotopic (exact) mass is 555 g/mol. The largest absolute Gasteiger partial charge is 0.469 e. The number of piperidine rings is 1. The smallest absolute Gasteiger partial charge is 0.305 e. The van der Waals surface area contributed by atoms with E-state index in [9.17, 15) is 29.4 Å². The maximum absolute atomic E-state index is 13.8. The number of esters is 1. The number of benzene rings is 1. The zero-order valence-corrected chi connectivity index (χ0v) is 23.5. The molecule has 1 aromatic carbocycles. The molecule has 40 heavy (non-hydrogen) atoms. The molecule has 0 spiro atoms. The molecule has 0 radical (unpaired) electrons. The number of carbonyl (C=O) groups is 4. The van der Waals surface area contributed by atoms with Gasteiger partial charge >= 0.3 is 5.97 Å². The van der Waals surface area contributed by atoms with Crippen molar-refractivity contribution in [3.05, 3.63) is 35.9 Å². The predicted molar refractivity (Wildman–Crippen MR) is 150 cm³/mol. The number of likely N-dealkylation sites (tertiary alicyclic amines) is 1. The summed E-state index contributed by atoms with van der Waals surface area (Å²) in [4.78, 5) is 55.6. The van der Waals surface area contributed by atoms with Gasteiger partial charge in [0.2, 0.25) is 11.8 Å². The highest BCUT2D eigenvalue weighted by atomic mass is 16.5. The molecule has 2 saturated heterocycles. The summed E-state index contributed by atoms with van der Waals surface area (Å²) in [5, 5.41) is 21.6. The van der Waals surface area contributed by atoms with E-state index >= 15 is 0 Å². The van der Waals surface area contributed by atoms with Crippen LogP contribution in [0.4, 0.5) is 11.4 Å². The van der Waals surface area contributed by atoms with Gasteiger partial charge in [-0.15, -0.1) is 0 Å². The summed E-state index contributed by atoms with van der Waals surface area (Å²) < 4.78 is 4.70. The minimum Gasteiger partial charge on any atom is -0.469 e. The molecule has 0 aliphatic carbocycles. The van der Waals surface area contributed by atoms with Gasteiger partial charge < -0.3 is 29.6 Å². The minimum absolute atomic E-state index is 0.0216. The number of rotatable bonds is 11. The van der Waals surface area contributed by atoms with Crippen molar-refractivity contribution in [3.63, 3.8) is 0 Å². The lowest BCUT2D eigenvalue weighted by molar-refractivity contribution is -0.140. The van der Waals surface area contributed by atoms with Gasteiger partial charge in [-0.3, -0.25) is 19.2 Å². The van der Waals surface area contributed by atoms with Crippen LogP contribution in [0.3, 0.4) is 0 Å². The van der Waals surface area contributed by atoms with E-state index in [1.54, 1.807) is 45.9 Å². The van der Waals surface area contributed by atoms with Crippen LogP contribution in [0.15, 0.2) is 30.4 Å². The molecular formula is C30H41N3O7. The van der Waals surface area contributed by atoms with Crippen LogP contribution in [-0.2, 0) is 29.5 Å². The fourth-order valence-corrected chi connectivity index (χ4v) is 6.03. The van der Waals surface area contributed by atoms with Gasteiger partial charge in [-0.25, -0.2) is 0 Å². The second kappa shape index (κ2) is 13.0. The van der Waals surface area contributed by atoms with E-state index in [-0.39, 0.29) is 43.3 Å². The first kappa shape index (κ1) is 29.7. The maximum Gasteiger partial charge on any atom is 0.305 e. The van der Waals surface area contributed by atoms with Crippen molar-refractivity contribution in [2.75, 3.05) is 43.2 Å². The molecule has 218 valence electrons. The molecule has 1 aromatic rings. The Morgan fingerprint density at radius 1 is 1.18 bits per heavy atom. The van der Waals surface area contributed by atoms with Crippen molar-refractivity contribution >= 4 is 35.1 Å². The zero-order chi connectivity index (χ0) is 28.9. The molecule has 10 nitrogen and oxygen atoms in total. The van der Waals surface area contributed by atoms with E-state index in [0.29, 0.717) is 55.8 Å². The quantitative estimate of drug-likeness (QED) is 0.244. The molecule has 3 amide bonds. The van der Waals surface area contributed by atoms with E-state index in [1.807, 2.05) is 6.07 Å². The summed E-state index contributed by atoms with van der Waals surface area (Å²) in [6, 6.07) is 5.19. The Hall–Kier alpha value is -3.24. The third kappa shape index (κ3) is 5.93. The van der Waals surface area contributed by atoms with Crippen LogP contribution in [0.2, 0.25) is 0 Å². The topological polar surface area (TPSA) is 128 Å². The first-order valence-corrected chi connectivity index (χ1v) is 14.3. The number of anilines is 2. The molecule has 0 aromatic heterocycles. The number of amides is 3. The van der Waals surface area contributed by atoms with Crippen LogP contribution in [0.25, 0.3) is 0 Å². The Kier molecular flexibility index (Phi) is 9.63. The number of nitrogens with zero attached hydrogens (tertiary/aromatic N) is 3. The van der Waals surface area contributed by atoms with E-state index in [0.717, 1.165) is 25.7 Å². The SMILES string of the molecule is COC(=O)CCCCN1C(=O)[C@](O)([C@H](C)/C=C/CC(=O)N2CCC[C@H]2CO)c2cc(N3CCCCC3=O)ccc21. The zero-order valence-electron chi connectivity index (χ0n) is 23.5. The minimum atomic E-state index is -1.88. The standard InChI is InChI=1S/C30H41N3O7/c1-21(9-7-12-27(36)32-18-8-10-23(32)20-34)30(39)24-19-22(31-16-5-3-11-26(31)35)14-15-25(24)33(29(30)38)17-6-4-13-28(37)40-2/h7,9,14-15,19,21,23,34,39H,3-6,8,10-13,16-18,20H2,1-2H3/b9-7+/t21-,23+,30+/m1/s1. The average Bonchev–Trinajstić information content (AvgIpc) is 3.53. The fraction of sp³-hybridized carbons (Fsp3) is 0.600. The van der Waals surface area contributed by atoms with Gasteiger partial charge in [0.25, 0.3) is 5.91 Å². The van der Waals surface area contributed by atoms with E-state index in [2.05, 4.69) is 0 Å². The summed E-state index contributed by atoms with van der Waals surface area (Å²) in [6.45, 7) is 3.21. The van der Waals surface area contributed by atoms with Crippen molar-refractivity contribution in [2.24, 2.45) is 5.92 Å². The number of aliphatic hydroxyl groups excluding tert-OH is 1. The van der Waals surface area contributed by atoms with Crippen LogP contribution in [0.5, 0.6) is 0 Å². The Labute approximate surface area is 235 Å². The maximum atomic E-state index is 13.8. The fourth-order valence-electron chi connectivity index (χ4n) is 6.03. The third-order valence-electron chi connectivity index (χ3n) is 8.41. The molecular weight excluding hydrogens is 514 g/mol. The summed E-state index contributed by atoms with van der Waals surface area (Å²) >= 11 is 0. The molecule has 3 aliphatic rings. The molecule has 0 unspecified atom stereocenters. The first-order valence-electron chi connectivity index (χ1n) is 14.3. The van der Waals surface area contributed by atoms with E-state index < -0.39 is 17.4 Å². The van der Waals surface area contributed by atoms with Gasteiger partial charge in [0.15, 0.2) is 5.60 Å². The Morgan fingerprint density at radius 2 is 1.98 bits per heavy atom. The Balaban J connectivity index is 1.57. The molecule has 3 aliphatic heterocycles. The summed E-state index contributed by atoms with van der Waals surface area (Å²) in [5.41, 5.74) is -0.215. The Morgan fingerprint density at radius 3 is 2.70 bits per heavy atom. The lowest BCUT2D eigenvalue weighted by Crippen LogP contribution is -2.44. The van der Waals surface area contributed by atoms with Crippen molar-refractivity contribution in [1.82, 2.24) is 4.90 Å². The average molecular weight is 556 g/mol. The third-order valence-corrected chi connectivity index (χ3v) is 8.41. The summed E-state index contributed by atoms with van der Waals surface area (Å²) in [6.07, 6.45) is 8.66. The summed E-state index contributed by atoms with van der Waals surface area (Å²) in [7, 11) is 1.34. The molecule has 2 N–H and O–H groups in total. The number of hydrogen-bond acceptors (Lipinski definition) is 7. The number of methoxy groups -OCH3 is 1. The van der Waals surface area contributed by atoms with Gasteiger partial charge in [0.05, 0.1) is 25.4 Å². The summed E-state index contributed by atoms with van der Waals surface area (Å²) in [5.74, 6) is -1.51. The molecule has 0 saturated carbocycles. The number of aliphatic hydroxyl groups is 2. The number of unbranched alkanes of at least 4 members (excludes halogenated alkanes) is 1. The number of ether oxygens (including phenoxy) is 1. The van der Waals surface area contributed by atoms with Crippen LogP contribution in [0, 0.1) is 5.92 Å². The van der Waals surface area contributed by atoms with Crippen LogP contribution < -0.4 is 9.80 Å². The van der Waals surface area contributed by atoms with Crippen molar-refractivity contribution in [2.45, 2.75) is 76.4 Å². The second-order valence-corrected chi connectivity index (χ2v) is 10.9. The molecule has 3 heterocycles. The highest BCUT2D eigenvalue weighted by Crippen LogP contribution is 2.47. The lowest BCUT2D eigenvalue weighted by atomic mass is 9.82. The van der Waals surface area contributed by atoms with Gasteiger partial charge in [-0.2, -0.15) is 0 Å². The normalized spacial score (nSPS) is 23.7. The van der Waals surface area contributed by atoms with E-state index in [1.165, 1.54) is 7.11 Å². The molecule has 10 heteroatoms. The van der Waals surface area contributed by atoms with Crippen molar-refractivity contribution < 1.29 is 34.1 Å². The van der Waals surface area contributed by atoms with Gasteiger partial charge in [-0.05, 0) is 56.7 Å². The predicted octanol–water partition coefficient (Wildman–Crippen LogP) is 2.65.